The molecule has 1 aromatic carbocycles. The molecule has 1 saturated heterocycles. The summed E-state index contributed by atoms with van der Waals surface area (Å²) in [6, 6.07) is 6.85. The van der Waals surface area contributed by atoms with Gasteiger partial charge in [0.15, 0.2) is 0 Å². The molecule has 136 valence electrons. The maximum Gasteiger partial charge on any atom is 0.271 e. The van der Waals surface area contributed by atoms with Gasteiger partial charge < -0.3 is 10.2 Å². The molecule has 0 bridgehead atoms. The summed E-state index contributed by atoms with van der Waals surface area (Å²) in [5.74, 6) is -0.284. The fraction of sp³-hybridized carbons (Fsp3) is 0.444. The van der Waals surface area contributed by atoms with Crippen molar-refractivity contribution in [2.45, 2.75) is 6.42 Å². The van der Waals surface area contributed by atoms with Crippen LogP contribution in [0.15, 0.2) is 40.0 Å². The fourth-order valence-electron chi connectivity index (χ4n) is 2.82. The summed E-state index contributed by atoms with van der Waals surface area (Å²) in [6.45, 7) is 3.54. The summed E-state index contributed by atoms with van der Waals surface area (Å²) < 4.78 is 13.7. The molecule has 1 amide bonds. The molecular formula is C18H24ClFN4O. The molecule has 1 heterocycles. The SMILES string of the molecule is CN=CC(Cl)=C(NC)C(=O)N1CCN(CCc2ccccc2F)CC1. The monoisotopic (exact) mass is 366 g/mol. The van der Waals surface area contributed by atoms with Crippen LogP contribution in [0.3, 0.4) is 0 Å². The van der Waals surface area contributed by atoms with Gasteiger partial charge in [-0.2, -0.15) is 0 Å². The van der Waals surface area contributed by atoms with Crippen LogP contribution < -0.4 is 5.32 Å². The molecule has 0 radical (unpaired) electrons. The zero-order valence-electron chi connectivity index (χ0n) is 14.6. The van der Waals surface area contributed by atoms with E-state index < -0.39 is 0 Å². The lowest BCUT2D eigenvalue weighted by Gasteiger charge is -2.35. The van der Waals surface area contributed by atoms with Crippen molar-refractivity contribution >= 4 is 23.7 Å². The van der Waals surface area contributed by atoms with Gasteiger partial charge in [-0.15, -0.1) is 0 Å². The first-order valence-corrected chi connectivity index (χ1v) is 8.69. The molecule has 25 heavy (non-hydrogen) atoms. The first kappa shape index (κ1) is 19.4. The van der Waals surface area contributed by atoms with E-state index in [4.69, 9.17) is 11.6 Å². The lowest BCUT2D eigenvalue weighted by Crippen LogP contribution is -2.50. The molecule has 1 aliphatic heterocycles. The maximum atomic E-state index is 13.7. The van der Waals surface area contributed by atoms with E-state index in [0.29, 0.717) is 30.2 Å². The zero-order chi connectivity index (χ0) is 18.2. The van der Waals surface area contributed by atoms with Crippen LogP contribution in [0.5, 0.6) is 0 Å². The van der Waals surface area contributed by atoms with Gasteiger partial charge in [-0.25, -0.2) is 4.39 Å². The lowest BCUT2D eigenvalue weighted by atomic mass is 10.1. The Labute approximate surface area is 153 Å². The minimum Gasteiger partial charge on any atom is -0.382 e. The third-order valence-corrected chi connectivity index (χ3v) is 4.55. The standard InChI is InChI=1S/C18H24ClFN4O/c1-21-13-15(19)17(22-2)18(25)24-11-9-23(10-12-24)8-7-14-5-3-4-6-16(14)20/h3-6,13,22H,7-12H2,1-2H3. The van der Waals surface area contributed by atoms with Crippen LogP contribution in [0.1, 0.15) is 5.56 Å². The number of allylic oxidation sites excluding steroid dienone is 1. The Bertz CT molecular complexity index is 654. The first-order chi connectivity index (χ1) is 12.1. The van der Waals surface area contributed by atoms with Crippen LogP contribution in [0.4, 0.5) is 4.39 Å². The second-order valence-electron chi connectivity index (χ2n) is 5.84. The third-order valence-electron chi connectivity index (χ3n) is 4.26. The summed E-state index contributed by atoms with van der Waals surface area (Å²) in [7, 11) is 3.28. The molecule has 5 nitrogen and oxygen atoms in total. The number of piperazine rings is 1. The minimum absolute atomic E-state index is 0.124. The van der Waals surface area contributed by atoms with Gasteiger partial charge >= 0.3 is 0 Å². The number of amides is 1. The molecule has 1 N–H and O–H groups in total. The van der Waals surface area contributed by atoms with E-state index in [9.17, 15) is 9.18 Å². The minimum atomic E-state index is -0.160. The summed E-state index contributed by atoms with van der Waals surface area (Å²) in [4.78, 5) is 20.4. The van der Waals surface area contributed by atoms with Crippen LogP contribution in [-0.2, 0) is 11.2 Å². The Morgan fingerprint density at radius 1 is 1.32 bits per heavy atom. The summed E-state index contributed by atoms with van der Waals surface area (Å²) in [5, 5.41) is 3.16. The second kappa shape index (κ2) is 9.53. The molecule has 0 unspecified atom stereocenters. The highest BCUT2D eigenvalue weighted by atomic mass is 35.5. The molecule has 1 aromatic rings. The molecule has 0 aromatic heterocycles. The number of hydrogen-bond acceptors (Lipinski definition) is 4. The average Bonchev–Trinajstić information content (AvgIpc) is 2.62. The van der Waals surface area contributed by atoms with E-state index in [0.717, 1.165) is 25.2 Å². The van der Waals surface area contributed by atoms with E-state index in [1.54, 1.807) is 25.1 Å². The largest absolute Gasteiger partial charge is 0.382 e. The van der Waals surface area contributed by atoms with Gasteiger partial charge in [0.2, 0.25) is 0 Å². The average molecular weight is 367 g/mol. The number of likely N-dealkylation sites (N-methyl/N-ethyl adjacent to an activating group) is 1. The van der Waals surface area contributed by atoms with Gasteiger partial charge in [0.1, 0.15) is 11.5 Å². The van der Waals surface area contributed by atoms with E-state index >= 15 is 0 Å². The van der Waals surface area contributed by atoms with Crippen molar-refractivity contribution in [3.8, 4) is 0 Å². The number of aliphatic imine (C=N–C) groups is 1. The highest BCUT2D eigenvalue weighted by Gasteiger charge is 2.24. The van der Waals surface area contributed by atoms with E-state index in [-0.39, 0.29) is 11.7 Å². The first-order valence-electron chi connectivity index (χ1n) is 8.31. The number of halogens is 2. The Morgan fingerprint density at radius 2 is 2.00 bits per heavy atom. The van der Waals surface area contributed by atoms with Crippen molar-refractivity contribution in [2.24, 2.45) is 4.99 Å². The maximum absolute atomic E-state index is 13.7. The number of benzene rings is 1. The smallest absolute Gasteiger partial charge is 0.271 e. The number of rotatable bonds is 6. The number of carbonyl (C=O) groups excluding carboxylic acids is 1. The second-order valence-corrected chi connectivity index (χ2v) is 6.24. The van der Waals surface area contributed by atoms with E-state index in [1.165, 1.54) is 12.3 Å². The van der Waals surface area contributed by atoms with Gasteiger partial charge in [-0.1, -0.05) is 29.8 Å². The van der Waals surface area contributed by atoms with Gasteiger partial charge in [-0.3, -0.25) is 14.7 Å². The lowest BCUT2D eigenvalue weighted by molar-refractivity contribution is -0.129. The zero-order valence-corrected chi connectivity index (χ0v) is 15.4. The number of carbonyl (C=O) groups is 1. The number of hydrogen-bond donors (Lipinski definition) is 1. The van der Waals surface area contributed by atoms with Crippen molar-refractivity contribution in [1.29, 1.82) is 0 Å². The summed E-state index contributed by atoms with van der Waals surface area (Å²) in [5.41, 5.74) is 1.08. The number of nitrogens with zero attached hydrogens (tertiary/aromatic N) is 3. The molecule has 0 saturated carbocycles. The Morgan fingerprint density at radius 3 is 2.60 bits per heavy atom. The third kappa shape index (κ3) is 5.28. The topological polar surface area (TPSA) is 47.9 Å². The summed E-state index contributed by atoms with van der Waals surface area (Å²) >= 11 is 6.10. The molecule has 7 heteroatoms. The van der Waals surface area contributed by atoms with Crippen LogP contribution in [0.2, 0.25) is 0 Å². The van der Waals surface area contributed by atoms with Crippen LogP contribution >= 0.6 is 11.6 Å². The Kier molecular flexibility index (Phi) is 7.40. The molecule has 2 rings (SSSR count). The van der Waals surface area contributed by atoms with Crippen molar-refractivity contribution in [2.75, 3.05) is 46.8 Å². The molecule has 0 aliphatic carbocycles. The quantitative estimate of drug-likeness (QED) is 0.617. The van der Waals surface area contributed by atoms with Crippen molar-refractivity contribution in [1.82, 2.24) is 15.1 Å². The highest BCUT2D eigenvalue weighted by Crippen LogP contribution is 2.12. The van der Waals surface area contributed by atoms with Crippen LogP contribution in [-0.4, -0.2) is 68.7 Å². The van der Waals surface area contributed by atoms with Crippen LogP contribution in [0, 0.1) is 5.82 Å². The van der Waals surface area contributed by atoms with Gasteiger partial charge in [0.05, 0.1) is 5.03 Å². The highest BCUT2D eigenvalue weighted by molar-refractivity contribution is 6.41. The Balaban J connectivity index is 1.87. The van der Waals surface area contributed by atoms with Crippen molar-refractivity contribution in [3.05, 3.63) is 46.4 Å². The fourth-order valence-corrected chi connectivity index (χ4v) is 3.09. The van der Waals surface area contributed by atoms with Crippen LogP contribution in [0.25, 0.3) is 0 Å². The predicted molar refractivity (Wildman–Crippen MR) is 99.5 cm³/mol. The van der Waals surface area contributed by atoms with Gasteiger partial charge in [-0.05, 0) is 18.1 Å². The normalized spacial score (nSPS) is 16.9. The summed E-state index contributed by atoms with van der Waals surface area (Å²) in [6.07, 6.45) is 2.12. The number of nitrogens with one attached hydrogen (secondary N) is 1. The molecule has 1 aliphatic rings. The van der Waals surface area contributed by atoms with Gasteiger partial charge in [0, 0.05) is 53.0 Å². The molecule has 1 fully saturated rings. The van der Waals surface area contributed by atoms with Crippen molar-refractivity contribution < 1.29 is 9.18 Å². The Hall–Kier alpha value is -1.92. The molecule has 0 atom stereocenters. The van der Waals surface area contributed by atoms with E-state index in [2.05, 4.69) is 15.2 Å². The van der Waals surface area contributed by atoms with E-state index in [1.807, 2.05) is 12.1 Å². The van der Waals surface area contributed by atoms with Crippen molar-refractivity contribution in [3.63, 3.8) is 0 Å². The van der Waals surface area contributed by atoms with Gasteiger partial charge in [0.25, 0.3) is 5.91 Å². The predicted octanol–water partition coefficient (Wildman–Crippen LogP) is 1.88. The molecular weight excluding hydrogens is 343 g/mol. The molecule has 0 spiro atoms.